The summed E-state index contributed by atoms with van der Waals surface area (Å²) in [5.74, 6) is -0.0700. The van der Waals surface area contributed by atoms with Crippen LogP contribution in [0.3, 0.4) is 0 Å². The fraction of sp³-hybridized carbons (Fsp3) is 0.176. The van der Waals surface area contributed by atoms with Crippen LogP contribution in [0.5, 0.6) is 0 Å². The number of nitrogens with one attached hydrogen (secondary N) is 3. The number of hydrogen-bond donors (Lipinski definition) is 3. The smallest absolute Gasteiger partial charge is 0.319 e. The lowest BCUT2D eigenvalue weighted by atomic mass is 10.2. The molecule has 3 N–H and O–H groups in total. The Morgan fingerprint density at radius 1 is 1.21 bits per heavy atom. The molecule has 0 radical (unpaired) electrons. The Balaban J connectivity index is 1.69. The van der Waals surface area contributed by atoms with Gasteiger partial charge in [-0.1, -0.05) is 6.07 Å². The standard InChI is InChI=1S/C17H18N4O2S/c1-18-16(22)10-21-6-4-13-2-3-14(8-15(13)21)20-17(23)19-9-12-5-7-24-11-12/h2-8,11H,9-10H2,1H3,(H,18,22)(H2,19,20,23). The maximum Gasteiger partial charge on any atom is 0.319 e. The Morgan fingerprint density at radius 3 is 2.83 bits per heavy atom. The van der Waals surface area contributed by atoms with Gasteiger partial charge in [0.1, 0.15) is 6.54 Å². The van der Waals surface area contributed by atoms with Crippen molar-refractivity contribution in [3.05, 3.63) is 52.9 Å². The number of carbonyl (C=O) groups is 2. The minimum atomic E-state index is -0.259. The van der Waals surface area contributed by atoms with E-state index in [1.165, 1.54) is 0 Å². The second-order valence-corrected chi connectivity index (χ2v) is 6.11. The number of nitrogens with zero attached hydrogens (tertiary/aromatic N) is 1. The quantitative estimate of drug-likeness (QED) is 0.667. The molecule has 124 valence electrons. The van der Waals surface area contributed by atoms with Gasteiger partial charge < -0.3 is 20.5 Å². The normalized spacial score (nSPS) is 10.5. The first-order valence-electron chi connectivity index (χ1n) is 7.51. The molecule has 3 amide bonds. The van der Waals surface area contributed by atoms with Crippen LogP contribution in [-0.4, -0.2) is 23.6 Å². The molecule has 0 aliphatic rings. The molecule has 0 atom stereocenters. The van der Waals surface area contributed by atoms with Crippen LogP contribution in [0, 0.1) is 0 Å². The Hall–Kier alpha value is -2.80. The van der Waals surface area contributed by atoms with Crippen LogP contribution in [0.25, 0.3) is 10.9 Å². The van der Waals surface area contributed by atoms with Crippen molar-refractivity contribution in [2.45, 2.75) is 13.1 Å². The largest absolute Gasteiger partial charge is 0.358 e. The van der Waals surface area contributed by atoms with E-state index in [9.17, 15) is 9.59 Å². The first-order valence-corrected chi connectivity index (χ1v) is 8.45. The minimum Gasteiger partial charge on any atom is -0.358 e. The molecule has 0 bridgehead atoms. The third kappa shape index (κ3) is 3.75. The third-order valence-electron chi connectivity index (χ3n) is 3.66. The zero-order valence-corrected chi connectivity index (χ0v) is 14.0. The highest BCUT2D eigenvalue weighted by atomic mass is 32.1. The fourth-order valence-electron chi connectivity index (χ4n) is 2.38. The lowest BCUT2D eigenvalue weighted by molar-refractivity contribution is -0.121. The van der Waals surface area contributed by atoms with Crippen molar-refractivity contribution in [1.82, 2.24) is 15.2 Å². The summed E-state index contributed by atoms with van der Waals surface area (Å²) in [5.41, 5.74) is 2.65. The highest BCUT2D eigenvalue weighted by molar-refractivity contribution is 7.07. The molecule has 2 aromatic heterocycles. The average Bonchev–Trinajstić information content (AvgIpc) is 3.23. The SMILES string of the molecule is CNC(=O)Cn1ccc2ccc(NC(=O)NCc3ccsc3)cc21. The van der Waals surface area contributed by atoms with Gasteiger partial charge in [0.2, 0.25) is 5.91 Å². The van der Waals surface area contributed by atoms with E-state index < -0.39 is 0 Å². The molecule has 0 fully saturated rings. The van der Waals surface area contributed by atoms with Gasteiger partial charge >= 0.3 is 6.03 Å². The lowest BCUT2D eigenvalue weighted by Crippen LogP contribution is -2.28. The number of carbonyl (C=O) groups excluding carboxylic acids is 2. The summed E-state index contributed by atoms with van der Waals surface area (Å²) in [6.07, 6.45) is 1.86. The summed E-state index contributed by atoms with van der Waals surface area (Å²) in [5, 5.41) is 13.2. The molecule has 0 aliphatic heterocycles. The average molecular weight is 342 g/mol. The summed E-state index contributed by atoms with van der Waals surface area (Å²) in [7, 11) is 1.61. The van der Waals surface area contributed by atoms with Crippen molar-refractivity contribution in [3.63, 3.8) is 0 Å². The van der Waals surface area contributed by atoms with E-state index in [-0.39, 0.29) is 18.5 Å². The first-order chi connectivity index (χ1) is 11.7. The van der Waals surface area contributed by atoms with Gasteiger partial charge in [-0.3, -0.25) is 4.79 Å². The van der Waals surface area contributed by atoms with E-state index >= 15 is 0 Å². The molecule has 1 aromatic carbocycles. The van der Waals surface area contributed by atoms with Crippen molar-refractivity contribution >= 4 is 39.9 Å². The molecule has 0 spiro atoms. The highest BCUT2D eigenvalue weighted by Crippen LogP contribution is 2.20. The summed E-state index contributed by atoms with van der Waals surface area (Å²) in [6, 6.07) is 9.29. The van der Waals surface area contributed by atoms with Crippen molar-refractivity contribution in [1.29, 1.82) is 0 Å². The van der Waals surface area contributed by atoms with Gasteiger partial charge in [-0.2, -0.15) is 11.3 Å². The van der Waals surface area contributed by atoms with Crippen LogP contribution in [0.1, 0.15) is 5.56 Å². The predicted octanol–water partition coefficient (Wildman–Crippen LogP) is 2.77. The lowest BCUT2D eigenvalue weighted by Gasteiger charge is -2.09. The highest BCUT2D eigenvalue weighted by Gasteiger charge is 2.07. The first kappa shape index (κ1) is 16.1. The van der Waals surface area contributed by atoms with E-state index in [1.807, 2.05) is 51.9 Å². The van der Waals surface area contributed by atoms with Crippen molar-refractivity contribution < 1.29 is 9.59 Å². The van der Waals surface area contributed by atoms with Crippen LogP contribution < -0.4 is 16.0 Å². The number of amides is 3. The fourth-order valence-corrected chi connectivity index (χ4v) is 3.05. The van der Waals surface area contributed by atoms with Gasteiger partial charge in [-0.15, -0.1) is 0 Å². The molecular weight excluding hydrogens is 324 g/mol. The Bertz CT molecular complexity index is 855. The zero-order valence-electron chi connectivity index (χ0n) is 13.2. The third-order valence-corrected chi connectivity index (χ3v) is 4.39. The molecule has 0 saturated heterocycles. The van der Waals surface area contributed by atoms with Crippen LogP contribution in [0.4, 0.5) is 10.5 Å². The minimum absolute atomic E-state index is 0.0700. The number of hydrogen-bond acceptors (Lipinski definition) is 3. The van der Waals surface area contributed by atoms with Crippen LogP contribution >= 0.6 is 11.3 Å². The monoisotopic (exact) mass is 342 g/mol. The summed E-state index contributed by atoms with van der Waals surface area (Å²) in [6.45, 7) is 0.735. The van der Waals surface area contributed by atoms with Crippen molar-refractivity contribution in [2.24, 2.45) is 0 Å². The number of thiophene rings is 1. The maximum atomic E-state index is 12.0. The Morgan fingerprint density at radius 2 is 2.08 bits per heavy atom. The van der Waals surface area contributed by atoms with E-state index in [2.05, 4.69) is 16.0 Å². The van der Waals surface area contributed by atoms with Gasteiger partial charge in [0.05, 0.1) is 5.52 Å². The van der Waals surface area contributed by atoms with Crippen LogP contribution in [0.15, 0.2) is 47.3 Å². The summed E-state index contributed by atoms with van der Waals surface area (Å²) in [4.78, 5) is 23.6. The van der Waals surface area contributed by atoms with Crippen LogP contribution in [-0.2, 0) is 17.9 Å². The second kappa shape index (κ2) is 7.18. The Kier molecular flexibility index (Phi) is 4.81. The summed E-state index contributed by atoms with van der Waals surface area (Å²) >= 11 is 1.60. The van der Waals surface area contributed by atoms with Gasteiger partial charge in [0, 0.05) is 25.5 Å². The van der Waals surface area contributed by atoms with Gasteiger partial charge in [-0.25, -0.2) is 4.79 Å². The van der Waals surface area contributed by atoms with Gasteiger partial charge in [-0.05, 0) is 46.0 Å². The zero-order chi connectivity index (χ0) is 16.9. The molecule has 3 aromatic rings. The topological polar surface area (TPSA) is 75.2 Å². The second-order valence-electron chi connectivity index (χ2n) is 5.33. The van der Waals surface area contributed by atoms with Crippen molar-refractivity contribution in [2.75, 3.05) is 12.4 Å². The molecule has 3 rings (SSSR count). The number of urea groups is 1. The predicted molar refractivity (Wildman–Crippen MR) is 96.2 cm³/mol. The molecule has 24 heavy (non-hydrogen) atoms. The number of benzene rings is 1. The summed E-state index contributed by atoms with van der Waals surface area (Å²) < 4.78 is 1.85. The molecule has 6 nitrogen and oxygen atoms in total. The van der Waals surface area contributed by atoms with E-state index in [0.29, 0.717) is 12.2 Å². The molecule has 0 unspecified atom stereocenters. The molecule has 0 saturated carbocycles. The Labute approximate surface area is 143 Å². The number of rotatable bonds is 5. The van der Waals surface area contributed by atoms with Gasteiger partial charge in [0.15, 0.2) is 0 Å². The number of anilines is 1. The molecule has 7 heteroatoms. The molecule has 2 heterocycles. The number of likely N-dealkylation sites (N-methyl/N-ethyl adjacent to an activating group) is 1. The number of aromatic nitrogens is 1. The molecule has 0 aliphatic carbocycles. The maximum absolute atomic E-state index is 12.0. The van der Waals surface area contributed by atoms with Gasteiger partial charge in [0.25, 0.3) is 0 Å². The van der Waals surface area contributed by atoms with Crippen LogP contribution in [0.2, 0.25) is 0 Å². The van der Waals surface area contributed by atoms with E-state index in [0.717, 1.165) is 16.5 Å². The number of fused-ring (bicyclic) bond motifs is 1. The molecular formula is C17H18N4O2S. The van der Waals surface area contributed by atoms with Crippen molar-refractivity contribution in [3.8, 4) is 0 Å². The van der Waals surface area contributed by atoms with E-state index in [1.54, 1.807) is 18.4 Å². The van der Waals surface area contributed by atoms with E-state index in [4.69, 9.17) is 0 Å².